The molecular formula is C14H22N4O3. The first kappa shape index (κ1) is 16.8. The summed E-state index contributed by atoms with van der Waals surface area (Å²) in [5.74, 6) is 0.0807. The molecule has 0 spiro atoms. The molecular weight excluding hydrogens is 272 g/mol. The van der Waals surface area contributed by atoms with E-state index in [-0.39, 0.29) is 23.7 Å². The standard InChI is InChI=1S/C14H22N4O3/c1-10(19)16-6-7-17-14(21)18-9-12(15)8-11-2-4-13(20)5-3-11/h2-5,12,20H,6-9,15H2,1H3,(H,16,19)(H2,17,18,21). The third kappa shape index (κ3) is 7.78. The quantitative estimate of drug-likeness (QED) is 0.444. The molecule has 0 heterocycles. The normalized spacial score (nSPS) is 11.5. The first-order valence-corrected chi connectivity index (χ1v) is 6.77. The zero-order chi connectivity index (χ0) is 15.7. The predicted octanol–water partition coefficient (Wildman–Crippen LogP) is -0.303. The van der Waals surface area contributed by atoms with Crippen LogP contribution in [-0.4, -0.2) is 42.7 Å². The maximum atomic E-state index is 11.5. The molecule has 6 N–H and O–H groups in total. The fraction of sp³-hybridized carbons (Fsp3) is 0.429. The Morgan fingerprint density at radius 1 is 1.14 bits per heavy atom. The first-order chi connectivity index (χ1) is 9.97. The topological polar surface area (TPSA) is 116 Å². The highest BCUT2D eigenvalue weighted by atomic mass is 16.3. The van der Waals surface area contributed by atoms with E-state index >= 15 is 0 Å². The number of urea groups is 1. The third-order valence-corrected chi connectivity index (χ3v) is 2.74. The van der Waals surface area contributed by atoms with E-state index in [9.17, 15) is 14.7 Å². The highest BCUT2D eigenvalue weighted by molar-refractivity contribution is 5.74. The molecule has 3 amide bonds. The van der Waals surface area contributed by atoms with Gasteiger partial charge in [0, 0.05) is 32.6 Å². The lowest BCUT2D eigenvalue weighted by Gasteiger charge is -2.13. The van der Waals surface area contributed by atoms with Crippen molar-refractivity contribution in [2.24, 2.45) is 5.73 Å². The number of carbonyl (C=O) groups excluding carboxylic acids is 2. The average Bonchev–Trinajstić information content (AvgIpc) is 2.44. The maximum Gasteiger partial charge on any atom is 0.314 e. The van der Waals surface area contributed by atoms with Crippen LogP contribution in [0.15, 0.2) is 24.3 Å². The van der Waals surface area contributed by atoms with Crippen molar-refractivity contribution in [1.29, 1.82) is 0 Å². The molecule has 7 heteroatoms. The minimum Gasteiger partial charge on any atom is -0.508 e. The average molecular weight is 294 g/mol. The van der Waals surface area contributed by atoms with Gasteiger partial charge < -0.3 is 26.8 Å². The van der Waals surface area contributed by atoms with E-state index in [0.29, 0.717) is 26.1 Å². The van der Waals surface area contributed by atoms with Crippen molar-refractivity contribution in [3.05, 3.63) is 29.8 Å². The van der Waals surface area contributed by atoms with E-state index < -0.39 is 0 Å². The van der Waals surface area contributed by atoms with Gasteiger partial charge in [-0.3, -0.25) is 4.79 Å². The van der Waals surface area contributed by atoms with Gasteiger partial charge >= 0.3 is 6.03 Å². The second kappa shape index (κ2) is 8.80. The number of nitrogens with one attached hydrogen (secondary N) is 3. The largest absolute Gasteiger partial charge is 0.508 e. The van der Waals surface area contributed by atoms with Gasteiger partial charge in [-0.1, -0.05) is 12.1 Å². The van der Waals surface area contributed by atoms with Crippen molar-refractivity contribution >= 4 is 11.9 Å². The predicted molar refractivity (Wildman–Crippen MR) is 79.9 cm³/mol. The molecule has 21 heavy (non-hydrogen) atoms. The number of amides is 3. The molecule has 0 bridgehead atoms. The fourth-order valence-corrected chi connectivity index (χ4v) is 1.71. The molecule has 0 aliphatic carbocycles. The molecule has 1 atom stereocenters. The minimum absolute atomic E-state index is 0.131. The Kier molecular flexibility index (Phi) is 7.03. The highest BCUT2D eigenvalue weighted by Crippen LogP contribution is 2.10. The van der Waals surface area contributed by atoms with Gasteiger partial charge in [0.05, 0.1) is 0 Å². The van der Waals surface area contributed by atoms with Crippen LogP contribution in [0.25, 0.3) is 0 Å². The summed E-state index contributed by atoms with van der Waals surface area (Å²) in [4.78, 5) is 22.1. The van der Waals surface area contributed by atoms with E-state index in [1.807, 2.05) is 0 Å². The number of phenolic OH excluding ortho intramolecular Hbond substituents is 1. The maximum absolute atomic E-state index is 11.5. The first-order valence-electron chi connectivity index (χ1n) is 6.77. The second-order valence-corrected chi connectivity index (χ2v) is 4.75. The van der Waals surface area contributed by atoms with Crippen LogP contribution in [0.4, 0.5) is 4.79 Å². The molecule has 1 aromatic carbocycles. The summed E-state index contributed by atoms with van der Waals surface area (Å²) in [6, 6.07) is 6.26. The number of hydrogen-bond acceptors (Lipinski definition) is 4. The summed E-state index contributed by atoms with van der Waals surface area (Å²) in [7, 11) is 0. The lowest BCUT2D eigenvalue weighted by molar-refractivity contribution is -0.118. The van der Waals surface area contributed by atoms with Gasteiger partial charge in [-0.15, -0.1) is 0 Å². The van der Waals surface area contributed by atoms with Crippen molar-refractivity contribution in [3.63, 3.8) is 0 Å². The van der Waals surface area contributed by atoms with Gasteiger partial charge in [-0.25, -0.2) is 4.79 Å². The molecule has 116 valence electrons. The Morgan fingerprint density at radius 2 is 1.76 bits per heavy atom. The van der Waals surface area contributed by atoms with Gasteiger partial charge in [0.15, 0.2) is 0 Å². The molecule has 7 nitrogen and oxygen atoms in total. The zero-order valence-electron chi connectivity index (χ0n) is 12.1. The van der Waals surface area contributed by atoms with Crippen LogP contribution in [0, 0.1) is 0 Å². The summed E-state index contributed by atoms with van der Waals surface area (Å²) in [5.41, 5.74) is 6.92. The number of hydrogen-bond donors (Lipinski definition) is 5. The Morgan fingerprint density at radius 3 is 2.38 bits per heavy atom. The van der Waals surface area contributed by atoms with E-state index in [4.69, 9.17) is 5.73 Å². The lowest BCUT2D eigenvalue weighted by Crippen LogP contribution is -2.45. The summed E-state index contributed by atoms with van der Waals surface area (Å²) in [5, 5.41) is 17.0. The highest BCUT2D eigenvalue weighted by Gasteiger charge is 2.06. The van der Waals surface area contributed by atoms with E-state index in [0.717, 1.165) is 5.56 Å². The van der Waals surface area contributed by atoms with Crippen LogP contribution in [-0.2, 0) is 11.2 Å². The molecule has 1 rings (SSSR count). The van der Waals surface area contributed by atoms with Crippen molar-refractivity contribution in [3.8, 4) is 5.75 Å². The molecule has 0 saturated carbocycles. The fourth-order valence-electron chi connectivity index (χ4n) is 1.71. The van der Waals surface area contributed by atoms with Crippen LogP contribution >= 0.6 is 0 Å². The molecule has 1 unspecified atom stereocenters. The second-order valence-electron chi connectivity index (χ2n) is 4.75. The van der Waals surface area contributed by atoms with Gasteiger partial charge in [0.25, 0.3) is 0 Å². The van der Waals surface area contributed by atoms with Crippen LogP contribution in [0.2, 0.25) is 0 Å². The third-order valence-electron chi connectivity index (χ3n) is 2.74. The monoisotopic (exact) mass is 294 g/mol. The Labute approximate surface area is 123 Å². The summed E-state index contributed by atoms with van der Waals surface area (Å²) >= 11 is 0. The van der Waals surface area contributed by atoms with Crippen molar-refractivity contribution in [2.75, 3.05) is 19.6 Å². The Balaban J connectivity index is 2.17. The number of carbonyl (C=O) groups is 2. The van der Waals surface area contributed by atoms with Crippen molar-refractivity contribution in [2.45, 2.75) is 19.4 Å². The van der Waals surface area contributed by atoms with E-state index in [2.05, 4.69) is 16.0 Å². The van der Waals surface area contributed by atoms with Crippen LogP contribution < -0.4 is 21.7 Å². The summed E-state index contributed by atoms with van der Waals surface area (Å²) < 4.78 is 0. The molecule has 0 aliphatic heterocycles. The van der Waals surface area contributed by atoms with Crippen LogP contribution in [0.1, 0.15) is 12.5 Å². The smallest absolute Gasteiger partial charge is 0.314 e. The molecule has 0 aliphatic rings. The number of aromatic hydroxyl groups is 1. The molecule has 1 aromatic rings. The Hall–Kier alpha value is -2.28. The number of rotatable bonds is 7. The van der Waals surface area contributed by atoms with Crippen LogP contribution in [0.3, 0.4) is 0 Å². The molecule has 0 radical (unpaired) electrons. The summed E-state index contributed by atoms with van der Waals surface area (Å²) in [6.07, 6.45) is 0.604. The summed E-state index contributed by atoms with van der Waals surface area (Å²) in [6.45, 7) is 2.51. The Bertz CT molecular complexity index is 462. The van der Waals surface area contributed by atoms with E-state index in [1.165, 1.54) is 6.92 Å². The lowest BCUT2D eigenvalue weighted by atomic mass is 10.1. The molecule has 0 aromatic heterocycles. The molecule has 0 fully saturated rings. The van der Waals surface area contributed by atoms with E-state index in [1.54, 1.807) is 24.3 Å². The van der Waals surface area contributed by atoms with Crippen molar-refractivity contribution < 1.29 is 14.7 Å². The zero-order valence-corrected chi connectivity index (χ0v) is 12.1. The number of nitrogens with two attached hydrogens (primary N) is 1. The molecule has 0 saturated heterocycles. The SMILES string of the molecule is CC(=O)NCCNC(=O)NCC(N)Cc1ccc(O)cc1. The minimum atomic E-state index is -0.318. The van der Waals surface area contributed by atoms with Gasteiger partial charge in [0.1, 0.15) is 5.75 Å². The van der Waals surface area contributed by atoms with Gasteiger partial charge in [0.2, 0.25) is 5.91 Å². The van der Waals surface area contributed by atoms with Gasteiger partial charge in [-0.05, 0) is 24.1 Å². The number of benzene rings is 1. The van der Waals surface area contributed by atoms with Crippen LogP contribution in [0.5, 0.6) is 5.75 Å². The van der Waals surface area contributed by atoms with Crippen molar-refractivity contribution in [1.82, 2.24) is 16.0 Å². The number of phenols is 1. The van der Waals surface area contributed by atoms with Gasteiger partial charge in [-0.2, -0.15) is 0 Å².